The number of fused-ring (bicyclic) bond motifs is 1. The summed E-state index contributed by atoms with van der Waals surface area (Å²) in [4.78, 5) is 34.4. The van der Waals surface area contributed by atoms with Gasteiger partial charge >= 0.3 is 5.97 Å². The van der Waals surface area contributed by atoms with Crippen LogP contribution >= 0.6 is 0 Å². The number of anilines is 1. The highest BCUT2D eigenvalue weighted by Gasteiger charge is 2.27. The lowest BCUT2D eigenvalue weighted by Crippen LogP contribution is -2.45. The number of aromatic amines is 1. The summed E-state index contributed by atoms with van der Waals surface area (Å²) in [6.45, 7) is 2.45. The Morgan fingerprint density at radius 1 is 1.21 bits per heavy atom. The molecule has 0 spiro atoms. The number of hydrogen-bond acceptors (Lipinski definition) is 5. The summed E-state index contributed by atoms with van der Waals surface area (Å²) in [5, 5.41) is 9.07. The highest BCUT2D eigenvalue weighted by molar-refractivity contribution is 6.03. The molecule has 0 atom stereocenters. The van der Waals surface area contributed by atoms with Gasteiger partial charge in [-0.1, -0.05) is 0 Å². The monoisotopic (exact) mass is 400 g/mol. The van der Waals surface area contributed by atoms with E-state index >= 15 is 4.39 Å². The van der Waals surface area contributed by atoms with Gasteiger partial charge in [0, 0.05) is 49.7 Å². The second-order valence-electron chi connectivity index (χ2n) is 6.99. The number of nitrogens with zero attached hydrogens (tertiary/aromatic N) is 3. The van der Waals surface area contributed by atoms with Crippen molar-refractivity contribution in [2.24, 2.45) is 0 Å². The van der Waals surface area contributed by atoms with E-state index < -0.39 is 28.6 Å². The number of carboxylic acids is 1. The van der Waals surface area contributed by atoms with Crippen LogP contribution in [0.15, 0.2) is 35.5 Å². The number of carboxylic acid groups (broad SMARTS) is 1. The van der Waals surface area contributed by atoms with Crippen LogP contribution in [-0.2, 0) is 0 Å². The first-order valence-corrected chi connectivity index (χ1v) is 9.03. The molecule has 0 unspecified atom stereocenters. The van der Waals surface area contributed by atoms with Gasteiger partial charge in [-0.25, -0.2) is 13.6 Å². The van der Waals surface area contributed by atoms with E-state index in [1.165, 1.54) is 12.3 Å². The number of nitrogens with one attached hydrogen (secondary N) is 1. The normalized spacial score (nSPS) is 15.1. The fourth-order valence-corrected chi connectivity index (χ4v) is 3.66. The first-order valence-electron chi connectivity index (χ1n) is 9.03. The van der Waals surface area contributed by atoms with Gasteiger partial charge in [-0.2, -0.15) is 0 Å². The van der Waals surface area contributed by atoms with Gasteiger partial charge in [0.05, 0.1) is 22.8 Å². The van der Waals surface area contributed by atoms with Crippen molar-refractivity contribution in [3.05, 3.63) is 58.1 Å². The average molecular weight is 400 g/mol. The minimum Gasteiger partial charge on any atom is -0.477 e. The molecule has 0 radical (unpaired) electrons. The molecule has 0 saturated carbocycles. The molecule has 0 aliphatic carbocycles. The maximum Gasteiger partial charge on any atom is 0.341 e. The Balaban J connectivity index is 2.07. The van der Waals surface area contributed by atoms with Crippen LogP contribution in [0.25, 0.3) is 22.0 Å². The Bertz CT molecular complexity index is 1170. The number of likely N-dealkylation sites (N-methyl/N-ethyl adjacent to an activating group) is 1. The molecule has 2 N–H and O–H groups in total. The Labute approximate surface area is 164 Å². The molecular formula is C20H18F2N4O3. The van der Waals surface area contributed by atoms with Gasteiger partial charge in [-0.05, 0) is 19.2 Å². The third kappa shape index (κ3) is 3.23. The topological polar surface area (TPSA) is 89.5 Å². The van der Waals surface area contributed by atoms with E-state index in [4.69, 9.17) is 0 Å². The van der Waals surface area contributed by atoms with E-state index in [9.17, 15) is 19.1 Å². The predicted octanol–water partition coefficient (Wildman–Crippen LogP) is 2.32. The molecule has 1 fully saturated rings. The van der Waals surface area contributed by atoms with Crippen molar-refractivity contribution in [1.29, 1.82) is 0 Å². The zero-order chi connectivity index (χ0) is 20.7. The molecule has 7 nitrogen and oxygen atoms in total. The molecule has 3 heterocycles. The van der Waals surface area contributed by atoms with E-state index in [2.05, 4.69) is 14.9 Å². The number of aromatic carboxylic acids is 1. The zero-order valence-electron chi connectivity index (χ0n) is 15.6. The lowest BCUT2D eigenvalue weighted by molar-refractivity contribution is 0.0695. The first-order chi connectivity index (χ1) is 13.9. The molecule has 150 valence electrons. The van der Waals surface area contributed by atoms with Crippen molar-refractivity contribution in [2.75, 3.05) is 38.1 Å². The largest absolute Gasteiger partial charge is 0.477 e. The molecule has 29 heavy (non-hydrogen) atoms. The van der Waals surface area contributed by atoms with E-state index in [0.29, 0.717) is 26.2 Å². The minimum absolute atomic E-state index is 0.0807. The summed E-state index contributed by atoms with van der Waals surface area (Å²) >= 11 is 0. The van der Waals surface area contributed by atoms with Crippen LogP contribution in [0.2, 0.25) is 0 Å². The molecule has 1 aliphatic heterocycles. The molecule has 1 aromatic carbocycles. The molecule has 3 aromatic rings. The number of rotatable bonds is 3. The number of pyridine rings is 2. The number of halogens is 2. The van der Waals surface area contributed by atoms with Crippen LogP contribution in [0.4, 0.5) is 14.5 Å². The lowest BCUT2D eigenvalue weighted by Gasteiger charge is -2.35. The van der Waals surface area contributed by atoms with Crippen molar-refractivity contribution in [1.82, 2.24) is 14.9 Å². The Kier molecular flexibility index (Phi) is 4.75. The van der Waals surface area contributed by atoms with Crippen LogP contribution < -0.4 is 10.3 Å². The van der Waals surface area contributed by atoms with Crippen molar-refractivity contribution in [3.63, 3.8) is 0 Å². The second kappa shape index (κ2) is 7.25. The molecule has 2 aromatic heterocycles. The van der Waals surface area contributed by atoms with Gasteiger partial charge in [0.15, 0.2) is 0 Å². The summed E-state index contributed by atoms with van der Waals surface area (Å²) in [7, 11) is 1.96. The number of H-pyrrole nitrogens is 1. The summed E-state index contributed by atoms with van der Waals surface area (Å²) in [6.07, 6.45) is 3.46. The SMILES string of the molecule is CN1CCN(c2c(F)cc3c(=O)c(C(=O)O)c[nH]c3c2-c2ccncc2F)CC1. The molecule has 4 rings (SSSR count). The fraction of sp³-hybridized carbons (Fsp3) is 0.250. The van der Waals surface area contributed by atoms with Gasteiger partial charge in [-0.3, -0.25) is 9.78 Å². The van der Waals surface area contributed by atoms with Crippen LogP contribution in [0.1, 0.15) is 10.4 Å². The van der Waals surface area contributed by atoms with Crippen LogP contribution in [0.5, 0.6) is 0 Å². The number of benzene rings is 1. The highest BCUT2D eigenvalue weighted by atomic mass is 19.1. The molecule has 1 aliphatic rings. The lowest BCUT2D eigenvalue weighted by atomic mass is 9.97. The third-order valence-corrected chi connectivity index (χ3v) is 5.20. The van der Waals surface area contributed by atoms with Gasteiger partial charge in [0.25, 0.3) is 0 Å². The second-order valence-corrected chi connectivity index (χ2v) is 6.99. The molecule has 9 heteroatoms. The Hall–Kier alpha value is -3.33. The third-order valence-electron chi connectivity index (χ3n) is 5.20. The Morgan fingerprint density at radius 3 is 2.59 bits per heavy atom. The number of hydrogen-bond donors (Lipinski definition) is 2. The first kappa shape index (κ1) is 19.0. The molecular weight excluding hydrogens is 382 g/mol. The summed E-state index contributed by atoms with van der Waals surface area (Å²) in [6, 6.07) is 2.43. The average Bonchev–Trinajstić information content (AvgIpc) is 2.69. The van der Waals surface area contributed by atoms with Crippen molar-refractivity contribution < 1.29 is 18.7 Å². The van der Waals surface area contributed by atoms with E-state index in [-0.39, 0.29) is 27.7 Å². The van der Waals surface area contributed by atoms with Gasteiger partial charge in [0.2, 0.25) is 5.43 Å². The quantitative estimate of drug-likeness (QED) is 0.702. The van der Waals surface area contributed by atoms with Gasteiger partial charge < -0.3 is 19.9 Å². The Morgan fingerprint density at radius 2 is 1.93 bits per heavy atom. The summed E-state index contributed by atoms with van der Waals surface area (Å²) in [5.74, 6) is -2.80. The highest BCUT2D eigenvalue weighted by Crippen LogP contribution is 2.39. The predicted molar refractivity (Wildman–Crippen MR) is 104 cm³/mol. The smallest absolute Gasteiger partial charge is 0.341 e. The summed E-state index contributed by atoms with van der Waals surface area (Å²) < 4.78 is 30.0. The standard InChI is InChI=1S/C20H18F2N4O3/c1-25-4-6-26(7-5-25)18-14(21)8-12-17(24-9-13(19(12)27)20(28)29)16(18)11-2-3-23-10-15(11)22/h2-3,8-10H,4-7H2,1H3,(H,24,27)(H,28,29). The minimum atomic E-state index is -1.42. The van der Waals surface area contributed by atoms with Crippen molar-refractivity contribution >= 4 is 22.6 Å². The molecule has 1 saturated heterocycles. The summed E-state index contributed by atoms with van der Waals surface area (Å²) in [5.41, 5.74) is -0.721. The van der Waals surface area contributed by atoms with Crippen molar-refractivity contribution in [3.8, 4) is 11.1 Å². The number of carbonyl (C=O) groups is 1. The van der Waals surface area contributed by atoms with Crippen molar-refractivity contribution in [2.45, 2.75) is 0 Å². The van der Waals surface area contributed by atoms with Crippen LogP contribution in [0.3, 0.4) is 0 Å². The number of aromatic nitrogens is 2. The van der Waals surface area contributed by atoms with Gasteiger partial charge in [0.1, 0.15) is 17.2 Å². The maximum absolute atomic E-state index is 15.3. The van der Waals surface area contributed by atoms with E-state index in [1.54, 1.807) is 0 Å². The van der Waals surface area contributed by atoms with E-state index in [0.717, 1.165) is 18.5 Å². The maximum atomic E-state index is 15.3. The molecule has 0 amide bonds. The van der Waals surface area contributed by atoms with Crippen LogP contribution in [-0.4, -0.2) is 59.2 Å². The number of piperazine rings is 1. The van der Waals surface area contributed by atoms with E-state index in [1.807, 2.05) is 11.9 Å². The fourth-order valence-electron chi connectivity index (χ4n) is 3.66. The van der Waals surface area contributed by atoms with Gasteiger partial charge in [-0.15, -0.1) is 0 Å². The van der Waals surface area contributed by atoms with Crippen LogP contribution in [0, 0.1) is 11.6 Å². The molecule has 0 bridgehead atoms. The zero-order valence-corrected chi connectivity index (χ0v) is 15.6.